The van der Waals surface area contributed by atoms with Crippen LogP contribution in [0.5, 0.6) is 5.75 Å². The molecule has 3 aromatic carbocycles. The molecule has 2 amide bonds. The van der Waals surface area contributed by atoms with E-state index in [9.17, 15) is 9.59 Å². The second kappa shape index (κ2) is 14.2. The lowest BCUT2D eigenvalue weighted by Gasteiger charge is -2.32. The summed E-state index contributed by atoms with van der Waals surface area (Å²) in [5.41, 5.74) is 4.33. The Morgan fingerprint density at radius 3 is 2.18 bits per heavy atom. The van der Waals surface area contributed by atoms with Crippen molar-refractivity contribution in [2.24, 2.45) is 0 Å². The van der Waals surface area contributed by atoms with Gasteiger partial charge in [-0.1, -0.05) is 84.4 Å². The van der Waals surface area contributed by atoms with E-state index >= 15 is 0 Å². The van der Waals surface area contributed by atoms with E-state index in [2.05, 4.69) is 11.4 Å². The van der Waals surface area contributed by atoms with Crippen LogP contribution in [0.1, 0.15) is 48.8 Å². The van der Waals surface area contributed by atoms with Crippen LogP contribution in [0.3, 0.4) is 0 Å². The molecule has 0 heterocycles. The SMILES string of the molecule is COc1ccc(CN(C(=O)Cc2ccccc2)[C@H](Cc2ccccc2)C(=O)NCCC2=CCCCC2)cc1. The number of benzene rings is 3. The number of carbonyl (C=O) groups is 2. The van der Waals surface area contributed by atoms with Crippen molar-refractivity contribution >= 4 is 11.8 Å². The van der Waals surface area contributed by atoms with Crippen molar-refractivity contribution in [2.45, 2.75) is 57.5 Å². The van der Waals surface area contributed by atoms with Crippen molar-refractivity contribution in [1.29, 1.82) is 0 Å². The number of hydrogen-bond acceptors (Lipinski definition) is 3. The molecule has 3 aromatic rings. The molecular formula is C33H38N2O3. The molecule has 4 rings (SSSR count). The molecule has 5 heteroatoms. The Bertz CT molecular complexity index is 1190. The molecule has 198 valence electrons. The summed E-state index contributed by atoms with van der Waals surface area (Å²) in [6, 6.07) is 26.7. The van der Waals surface area contributed by atoms with Crippen LogP contribution in [0.2, 0.25) is 0 Å². The third kappa shape index (κ3) is 8.07. The summed E-state index contributed by atoms with van der Waals surface area (Å²) in [5.74, 6) is 0.574. The third-order valence-corrected chi connectivity index (χ3v) is 7.11. The number of methoxy groups -OCH3 is 1. The van der Waals surface area contributed by atoms with Crippen molar-refractivity contribution in [3.8, 4) is 5.75 Å². The van der Waals surface area contributed by atoms with E-state index in [-0.39, 0.29) is 18.2 Å². The molecule has 1 atom stereocenters. The minimum absolute atomic E-state index is 0.0712. The van der Waals surface area contributed by atoms with Gasteiger partial charge in [0, 0.05) is 19.5 Å². The highest BCUT2D eigenvalue weighted by atomic mass is 16.5. The Kier molecular flexibility index (Phi) is 10.1. The Morgan fingerprint density at radius 2 is 1.55 bits per heavy atom. The van der Waals surface area contributed by atoms with Crippen LogP contribution in [0.15, 0.2) is 96.6 Å². The monoisotopic (exact) mass is 510 g/mol. The summed E-state index contributed by atoms with van der Waals surface area (Å²) in [4.78, 5) is 29.3. The second-order valence-electron chi connectivity index (χ2n) is 9.89. The van der Waals surface area contributed by atoms with Crippen LogP contribution < -0.4 is 10.1 Å². The maximum absolute atomic E-state index is 13.8. The van der Waals surface area contributed by atoms with Gasteiger partial charge in [-0.2, -0.15) is 0 Å². The van der Waals surface area contributed by atoms with E-state index in [1.54, 1.807) is 12.0 Å². The summed E-state index contributed by atoms with van der Waals surface area (Å²) >= 11 is 0. The molecule has 0 unspecified atom stereocenters. The van der Waals surface area contributed by atoms with Crippen LogP contribution in [0.25, 0.3) is 0 Å². The zero-order chi connectivity index (χ0) is 26.6. The molecular weight excluding hydrogens is 472 g/mol. The van der Waals surface area contributed by atoms with Gasteiger partial charge in [0.25, 0.3) is 0 Å². The van der Waals surface area contributed by atoms with Gasteiger partial charge in [0.15, 0.2) is 0 Å². The highest BCUT2D eigenvalue weighted by Crippen LogP contribution is 2.21. The maximum Gasteiger partial charge on any atom is 0.243 e. The maximum atomic E-state index is 13.8. The Balaban J connectivity index is 1.58. The van der Waals surface area contributed by atoms with Gasteiger partial charge in [0.2, 0.25) is 11.8 Å². The molecule has 1 N–H and O–H groups in total. The van der Waals surface area contributed by atoms with E-state index in [1.165, 1.54) is 18.4 Å². The molecule has 0 saturated heterocycles. The number of nitrogens with one attached hydrogen (secondary N) is 1. The Labute approximate surface area is 226 Å². The summed E-state index contributed by atoms with van der Waals surface area (Å²) in [6.07, 6.45) is 8.58. The molecule has 0 aromatic heterocycles. The Morgan fingerprint density at radius 1 is 0.868 bits per heavy atom. The average molecular weight is 511 g/mol. The first kappa shape index (κ1) is 27.2. The van der Waals surface area contributed by atoms with Crippen LogP contribution in [0, 0.1) is 0 Å². The van der Waals surface area contributed by atoms with Gasteiger partial charge >= 0.3 is 0 Å². The summed E-state index contributed by atoms with van der Waals surface area (Å²) in [7, 11) is 1.63. The van der Waals surface area contributed by atoms with Crippen LogP contribution in [0.4, 0.5) is 0 Å². The predicted octanol–water partition coefficient (Wildman–Crippen LogP) is 5.88. The van der Waals surface area contributed by atoms with Gasteiger partial charge in [-0.25, -0.2) is 0 Å². The number of allylic oxidation sites excluding steroid dienone is 1. The molecule has 1 aliphatic carbocycles. The molecule has 0 saturated carbocycles. The van der Waals surface area contributed by atoms with Crippen molar-refractivity contribution in [3.63, 3.8) is 0 Å². The number of nitrogens with zero attached hydrogens (tertiary/aromatic N) is 1. The molecule has 0 aliphatic heterocycles. The van der Waals surface area contributed by atoms with Crippen molar-refractivity contribution < 1.29 is 14.3 Å². The standard InChI is InChI=1S/C33H38N2O3/c1-38-30-19-17-29(18-20-30)25-35(32(36)24-28-15-9-4-10-16-28)31(23-27-13-7-3-8-14-27)33(37)34-22-21-26-11-5-2-6-12-26/h3-4,7-11,13-20,31H,2,5-6,12,21-25H2,1H3,(H,34,37)/t31-/m1/s1. The number of rotatable bonds is 12. The molecule has 0 fully saturated rings. The van der Waals surface area contributed by atoms with Gasteiger partial charge in [-0.05, 0) is 60.9 Å². The molecule has 38 heavy (non-hydrogen) atoms. The van der Waals surface area contributed by atoms with Gasteiger partial charge in [-0.15, -0.1) is 0 Å². The van der Waals surface area contributed by atoms with E-state index in [1.807, 2.05) is 84.9 Å². The molecule has 0 radical (unpaired) electrons. The van der Waals surface area contributed by atoms with Crippen molar-refractivity contribution in [1.82, 2.24) is 10.2 Å². The lowest BCUT2D eigenvalue weighted by molar-refractivity contribution is -0.140. The lowest BCUT2D eigenvalue weighted by atomic mass is 9.97. The fraction of sp³-hybridized carbons (Fsp3) is 0.333. The minimum Gasteiger partial charge on any atom is -0.497 e. The van der Waals surface area contributed by atoms with Gasteiger partial charge in [0.05, 0.1) is 13.5 Å². The van der Waals surface area contributed by atoms with E-state index in [4.69, 9.17) is 4.74 Å². The topological polar surface area (TPSA) is 58.6 Å². The summed E-state index contributed by atoms with van der Waals surface area (Å²) < 4.78 is 5.31. The predicted molar refractivity (Wildman–Crippen MR) is 152 cm³/mol. The smallest absolute Gasteiger partial charge is 0.243 e. The lowest BCUT2D eigenvalue weighted by Crippen LogP contribution is -2.51. The molecule has 0 bridgehead atoms. The summed E-state index contributed by atoms with van der Waals surface area (Å²) in [5, 5.41) is 3.16. The second-order valence-corrected chi connectivity index (χ2v) is 9.89. The van der Waals surface area contributed by atoms with Gasteiger partial charge in [-0.3, -0.25) is 9.59 Å². The molecule has 5 nitrogen and oxygen atoms in total. The van der Waals surface area contributed by atoms with Gasteiger partial charge < -0.3 is 15.0 Å². The fourth-order valence-electron chi connectivity index (χ4n) is 4.95. The third-order valence-electron chi connectivity index (χ3n) is 7.11. The zero-order valence-corrected chi connectivity index (χ0v) is 22.3. The first-order chi connectivity index (χ1) is 18.6. The zero-order valence-electron chi connectivity index (χ0n) is 22.3. The molecule has 0 spiro atoms. The Hall–Kier alpha value is -3.86. The first-order valence-corrected chi connectivity index (χ1v) is 13.6. The fourth-order valence-corrected chi connectivity index (χ4v) is 4.95. The number of carbonyl (C=O) groups excluding carboxylic acids is 2. The molecule has 1 aliphatic rings. The quantitative estimate of drug-likeness (QED) is 0.309. The largest absolute Gasteiger partial charge is 0.497 e. The van der Waals surface area contributed by atoms with Crippen LogP contribution in [-0.2, 0) is 29.0 Å². The number of amides is 2. The van der Waals surface area contributed by atoms with E-state index in [0.29, 0.717) is 19.5 Å². The van der Waals surface area contributed by atoms with E-state index in [0.717, 1.165) is 41.7 Å². The highest BCUT2D eigenvalue weighted by molar-refractivity contribution is 5.88. The van der Waals surface area contributed by atoms with E-state index < -0.39 is 6.04 Å². The van der Waals surface area contributed by atoms with Crippen molar-refractivity contribution in [3.05, 3.63) is 113 Å². The number of hydrogen-bond donors (Lipinski definition) is 1. The van der Waals surface area contributed by atoms with Crippen LogP contribution in [-0.4, -0.2) is 36.4 Å². The normalized spacial score (nSPS) is 13.8. The van der Waals surface area contributed by atoms with Crippen molar-refractivity contribution in [2.75, 3.05) is 13.7 Å². The minimum atomic E-state index is -0.629. The first-order valence-electron chi connectivity index (χ1n) is 13.6. The highest BCUT2D eigenvalue weighted by Gasteiger charge is 2.30. The average Bonchev–Trinajstić information content (AvgIpc) is 2.96. The van der Waals surface area contributed by atoms with Crippen LogP contribution >= 0.6 is 0 Å². The number of ether oxygens (including phenoxy) is 1. The summed E-state index contributed by atoms with van der Waals surface area (Å²) in [6.45, 7) is 0.922. The van der Waals surface area contributed by atoms with Gasteiger partial charge in [0.1, 0.15) is 11.8 Å².